The quantitative estimate of drug-likeness (QED) is 0.821. The molecule has 2 aromatic heterocycles. The van der Waals surface area contributed by atoms with Crippen molar-refractivity contribution < 1.29 is 4.52 Å². The minimum atomic E-state index is 0.701. The molecule has 0 fully saturated rings. The molecule has 78 valence electrons. The smallest absolute Gasteiger partial charge is 0.124 e. The van der Waals surface area contributed by atoms with Crippen molar-refractivity contribution in [2.24, 2.45) is 0 Å². The van der Waals surface area contributed by atoms with Gasteiger partial charge < -0.3 is 9.84 Å². The predicted molar refractivity (Wildman–Crippen MR) is 56.0 cm³/mol. The Labute approximate surface area is 88.3 Å². The summed E-state index contributed by atoms with van der Waals surface area (Å²) in [5.41, 5.74) is 3.18. The largest absolute Gasteiger partial charge is 0.364 e. The molecule has 0 spiro atoms. The monoisotopic (exact) mass is 203 g/mol. The number of pyridine rings is 1. The Hall–Kier alpha value is -1.68. The van der Waals surface area contributed by atoms with E-state index in [0.717, 1.165) is 17.9 Å². The molecular weight excluding hydrogens is 190 g/mol. The summed E-state index contributed by atoms with van der Waals surface area (Å²) >= 11 is 0. The molecule has 0 aliphatic rings. The van der Waals surface area contributed by atoms with E-state index in [4.69, 9.17) is 4.52 Å². The SMILES string of the molecule is Cc1cccnc1CNCc1ccon1. The Morgan fingerprint density at radius 3 is 3.00 bits per heavy atom. The van der Waals surface area contributed by atoms with Crippen LogP contribution in [0.1, 0.15) is 17.0 Å². The number of rotatable bonds is 4. The topological polar surface area (TPSA) is 51.0 Å². The summed E-state index contributed by atoms with van der Waals surface area (Å²) < 4.78 is 4.74. The summed E-state index contributed by atoms with van der Waals surface area (Å²) in [7, 11) is 0. The van der Waals surface area contributed by atoms with E-state index in [-0.39, 0.29) is 0 Å². The Morgan fingerprint density at radius 2 is 2.27 bits per heavy atom. The molecule has 0 radical (unpaired) electrons. The van der Waals surface area contributed by atoms with E-state index in [0.29, 0.717) is 6.54 Å². The Morgan fingerprint density at radius 1 is 1.33 bits per heavy atom. The number of aromatic nitrogens is 2. The van der Waals surface area contributed by atoms with E-state index in [1.807, 2.05) is 12.1 Å². The predicted octanol–water partition coefficient (Wildman–Crippen LogP) is 1.67. The molecule has 4 heteroatoms. The van der Waals surface area contributed by atoms with Gasteiger partial charge in [-0.1, -0.05) is 11.2 Å². The number of nitrogens with one attached hydrogen (secondary N) is 1. The first-order valence-electron chi connectivity index (χ1n) is 4.87. The van der Waals surface area contributed by atoms with Crippen LogP contribution in [0.15, 0.2) is 35.2 Å². The van der Waals surface area contributed by atoms with Crippen molar-refractivity contribution in [1.82, 2.24) is 15.5 Å². The maximum atomic E-state index is 4.74. The highest BCUT2D eigenvalue weighted by atomic mass is 16.5. The molecule has 15 heavy (non-hydrogen) atoms. The molecular formula is C11H13N3O. The molecule has 0 amide bonds. The van der Waals surface area contributed by atoms with Crippen LogP contribution in [0.3, 0.4) is 0 Å². The van der Waals surface area contributed by atoms with Crippen molar-refractivity contribution in [3.05, 3.63) is 47.6 Å². The van der Waals surface area contributed by atoms with Gasteiger partial charge in [0, 0.05) is 25.4 Å². The lowest BCUT2D eigenvalue weighted by atomic mass is 10.2. The van der Waals surface area contributed by atoms with Crippen LogP contribution in [0.5, 0.6) is 0 Å². The second-order valence-electron chi connectivity index (χ2n) is 3.36. The van der Waals surface area contributed by atoms with Gasteiger partial charge in [0.15, 0.2) is 0 Å². The molecule has 0 bridgehead atoms. The van der Waals surface area contributed by atoms with Gasteiger partial charge in [-0.05, 0) is 18.6 Å². The first kappa shape index (κ1) is 9.86. The second-order valence-corrected chi connectivity index (χ2v) is 3.36. The van der Waals surface area contributed by atoms with Crippen LogP contribution in [-0.2, 0) is 13.1 Å². The van der Waals surface area contributed by atoms with E-state index in [1.165, 1.54) is 5.56 Å². The van der Waals surface area contributed by atoms with Gasteiger partial charge in [0.25, 0.3) is 0 Å². The lowest BCUT2D eigenvalue weighted by molar-refractivity contribution is 0.408. The zero-order valence-corrected chi connectivity index (χ0v) is 8.60. The standard InChI is InChI=1S/C11H13N3O/c1-9-3-2-5-13-11(9)8-12-7-10-4-6-15-14-10/h2-6,12H,7-8H2,1H3. The lowest BCUT2D eigenvalue weighted by Crippen LogP contribution is -2.14. The van der Waals surface area contributed by atoms with Crippen LogP contribution in [0.4, 0.5) is 0 Å². The number of hydrogen-bond donors (Lipinski definition) is 1. The van der Waals surface area contributed by atoms with E-state index in [1.54, 1.807) is 12.5 Å². The molecule has 2 heterocycles. The van der Waals surface area contributed by atoms with Gasteiger partial charge in [0.05, 0.1) is 11.4 Å². The molecule has 0 aliphatic carbocycles. The molecule has 0 aromatic carbocycles. The fraction of sp³-hybridized carbons (Fsp3) is 0.273. The first-order valence-corrected chi connectivity index (χ1v) is 4.87. The van der Waals surface area contributed by atoms with Crippen LogP contribution in [0.25, 0.3) is 0 Å². The van der Waals surface area contributed by atoms with Crippen molar-refractivity contribution in [3.63, 3.8) is 0 Å². The fourth-order valence-corrected chi connectivity index (χ4v) is 1.34. The van der Waals surface area contributed by atoms with Crippen LogP contribution in [0.2, 0.25) is 0 Å². The van der Waals surface area contributed by atoms with E-state index in [9.17, 15) is 0 Å². The summed E-state index contributed by atoms with van der Waals surface area (Å²) in [5.74, 6) is 0. The third kappa shape index (κ3) is 2.63. The highest BCUT2D eigenvalue weighted by molar-refractivity contribution is 5.17. The van der Waals surface area contributed by atoms with Crippen LogP contribution < -0.4 is 5.32 Å². The van der Waals surface area contributed by atoms with E-state index >= 15 is 0 Å². The highest BCUT2D eigenvalue weighted by Crippen LogP contribution is 2.02. The molecule has 2 rings (SSSR count). The highest BCUT2D eigenvalue weighted by Gasteiger charge is 1.99. The number of aryl methyl sites for hydroxylation is 1. The molecule has 0 atom stereocenters. The van der Waals surface area contributed by atoms with Gasteiger partial charge in [0.1, 0.15) is 6.26 Å². The summed E-state index contributed by atoms with van der Waals surface area (Å²) in [5, 5.41) is 7.07. The molecule has 2 aromatic rings. The fourth-order valence-electron chi connectivity index (χ4n) is 1.34. The Bertz CT molecular complexity index is 412. The zero-order valence-electron chi connectivity index (χ0n) is 8.60. The first-order chi connectivity index (χ1) is 7.36. The normalized spacial score (nSPS) is 10.5. The molecule has 0 unspecified atom stereocenters. The molecule has 0 aliphatic heterocycles. The van der Waals surface area contributed by atoms with Crippen LogP contribution >= 0.6 is 0 Å². The summed E-state index contributed by atoms with van der Waals surface area (Å²) in [6.07, 6.45) is 3.38. The van der Waals surface area contributed by atoms with E-state index in [2.05, 4.69) is 28.4 Å². The van der Waals surface area contributed by atoms with Gasteiger partial charge in [-0.25, -0.2) is 0 Å². The molecule has 1 N–H and O–H groups in total. The average Bonchev–Trinajstić information content (AvgIpc) is 2.74. The Kier molecular flexibility index (Phi) is 3.09. The van der Waals surface area contributed by atoms with Crippen molar-refractivity contribution in [2.45, 2.75) is 20.0 Å². The van der Waals surface area contributed by atoms with Gasteiger partial charge in [-0.15, -0.1) is 0 Å². The van der Waals surface area contributed by atoms with Crippen molar-refractivity contribution in [2.75, 3.05) is 0 Å². The van der Waals surface area contributed by atoms with Crippen molar-refractivity contribution in [1.29, 1.82) is 0 Å². The van der Waals surface area contributed by atoms with Gasteiger partial charge >= 0.3 is 0 Å². The zero-order chi connectivity index (χ0) is 10.5. The minimum Gasteiger partial charge on any atom is -0.364 e. The average molecular weight is 203 g/mol. The maximum absolute atomic E-state index is 4.74. The third-order valence-corrected chi connectivity index (χ3v) is 2.21. The lowest BCUT2D eigenvalue weighted by Gasteiger charge is -2.04. The number of hydrogen-bond acceptors (Lipinski definition) is 4. The van der Waals surface area contributed by atoms with Crippen LogP contribution in [-0.4, -0.2) is 10.1 Å². The Balaban J connectivity index is 1.86. The van der Waals surface area contributed by atoms with Crippen LogP contribution in [0, 0.1) is 6.92 Å². The summed E-state index contributed by atoms with van der Waals surface area (Å²) in [6.45, 7) is 3.51. The van der Waals surface area contributed by atoms with E-state index < -0.39 is 0 Å². The van der Waals surface area contributed by atoms with Crippen molar-refractivity contribution in [3.8, 4) is 0 Å². The molecule has 0 saturated carbocycles. The van der Waals surface area contributed by atoms with Crippen molar-refractivity contribution >= 4 is 0 Å². The summed E-state index contributed by atoms with van der Waals surface area (Å²) in [6, 6.07) is 5.84. The molecule has 4 nitrogen and oxygen atoms in total. The third-order valence-electron chi connectivity index (χ3n) is 2.21. The van der Waals surface area contributed by atoms with Gasteiger partial charge in [-0.3, -0.25) is 4.98 Å². The van der Waals surface area contributed by atoms with Gasteiger partial charge in [0.2, 0.25) is 0 Å². The maximum Gasteiger partial charge on any atom is 0.124 e. The van der Waals surface area contributed by atoms with Gasteiger partial charge in [-0.2, -0.15) is 0 Å². The summed E-state index contributed by atoms with van der Waals surface area (Å²) in [4.78, 5) is 4.29. The molecule has 0 saturated heterocycles. The number of nitrogens with zero attached hydrogens (tertiary/aromatic N) is 2. The minimum absolute atomic E-state index is 0.701. The second kappa shape index (κ2) is 4.70.